The fourth-order valence-electron chi connectivity index (χ4n) is 3.12. The van der Waals surface area contributed by atoms with Crippen LogP contribution in [0.15, 0.2) is 70.0 Å². The number of allylic oxidation sites excluding steroid dienone is 10. The third kappa shape index (κ3) is 19.6. The standard InChI is InChI=1S/C29H49N/c1-24(2)14-11-18-27(6)20-13-19-26(5)16-9-10-17-28(7)22-30-23-29(8)21-12-15-25(3)4/h14-17,20,23,30H,9-13,18-19,21-22H2,1-8H3/b26-16+,27-20+,28-17+,29-23-. The van der Waals surface area contributed by atoms with E-state index in [1.54, 1.807) is 0 Å². The SMILES string of the molecule is CC(C)=CCC/C(C)=C\NC/C(C)=C/CC/C=C(\C)CC/C=C(\C)CCC=C(C)C. The number of nitrogens with one attached hydrogen (secondary N) is 1. The molecule has 0 rings (SSSR count). The van der Waals surface area contributed by atoms with E-state index >= 15 is 0 Å². The lowest BCUT2D eigenvalue weighted by molar-refractivity contribution is 0.876. The summed E-state index contributed by atoms with van der Waals surface area (Å²) in [5, 5.41) is 3.46. The summed E-state index contributed by atoms with van der Waals surface area (Å²) in [6.45, 7) is 18.6. The zero-order valence-electron chi connectivity index (χ0n) is 21.3. The van der Waals surface area contributed by atoms with Crippen LogP contribution in [0.4, 0.5) is 0 Å². The summed E-state index contributed by atoms with van der Waals surface area (Å²) < 4.78 is 0. The molecule has 0 aliphatic carbocycles. The molecule has 0 aliphatic heterocycles. The molecule has 0 aliphatic rings. The van der Waals surface area contributed by atoms with Crippen LogP contribution in [-0.4, -0.2) is 6.54 Å². The summed E-state index contributed by atoms with van der Waals surface area (Å²) in [7, 11) is 0. The van der Waals surface area contributed by atoms with E-state index in [1.807, 2.05) is 0 Å². The van der Waals surface area contributed by atoms with Gasteiger partial charge in [-0.3, -0.25) is 0 Å². The maximum atomic E-state index is 3.46. The minimum absolute atomic E-state index is 0.944. The average Bonchev–Trinajstić information content (AvgIpc) is 2.64. The summed E-state index contributed by atoms with van der Waals surface area (Å²) in [6.07, 6.45) is 23.3. The van der Waals surface area contributed by atoms with Gasteiger partial charge in [0.2, 0.25) is 0 Å². The van der Waals surface area contributed by atoms with Gasteiger partial charge in [0.15, 0.2) is 0 Å². The highest BCUT2D eigenvalue weighted by atomic mass is 14.8. The van der Waals surface area contributed by atoms with Gasteiger partial charge in [-0.1, -0.05) is 63.8 Å². The van der Waals surface area contributed by atoms with Gasteiger partial charge in [0.05, 0.1) is 0 Å². The largest absolute Gasteiger partial charge is 0.387 e. The molecule has 0 bridgehead atoms. The smallest absolute Gasteiger partial charge is 0.0352 e. The number of rotatable bonds is 15. The van der Waals surface area contributed by atoms with Gasteiger partial charge in [-0.25, -0.2) is 0 Å². The molecule has 0 unspecified atom stereocenters. The van der Waals surface area contributed by atoms with Crippen molar-refractivity contribution in [3.05, 3.63) is 70.0 Å². The first kappa shape index (κ1) is 28.2. The van der Waals surface area contributed by atoms with Crippen LogP contribution in [0.25, 0.3) is 0 Å². The molecule has 0 saturated carbocycles. The van der Waals surface area contributed by atoms with Crippen LogP contribution >= 0.6 is 0 Å². The van der Waals surface area contributed by atoms with Gasteiger partial charge >= 0.3 is 0 Å². The molecule has 0 spiro atoms. The van der Waals surface area contributed by atoms with Gasteiger partial charge in [-0.2, -0.15) is 0 Å². The lowest BCUT2D eigenvalue weighted by Crippen LogP contribution is -2.09. The molecule has 1 nitrogen and oxygen atoms in total. The Hall–Kier alpha value is -1.76. The third-order valence-electron chi connectivity index (χ3n) is 5.10. The van der Waals surface area contributed by atoms with Crippen LogP contribution in [0.3, 0.4) is 0 Å². The molecular formula is C29H49N. The second-order valence-corrected chi connectivity index (χ2v) is 9.28. The number of unbranched alkanes of at least 4 members (excludes halogenated alkanes) is 1. The molecule has 0 aromatic carbocycles. The van der Waals surface area contributed by atoms with Crippen molar-refractivity contribution in [3.63, 3.8) is 0 Å². The molecule has 0 atom stereocenters. The van der Waals surface area contributed by atoms with Gasteiger partial charge in [0.25, 0.3) is 0 Å². The van der Waals surface area contributed by atoms with E-state index in [9.17, 15) is 0 Å². The summed E-state index contributed by atoms with van der Waals surface area (Å²) in [5.74, 6) is 0. The van der Waals surface area contributed by atoms with Gasteiger partial charge in [0.1, 0.15) is 0 Å². The molecule has 0 aromatic rings. The zero-order chi connectivity index (χ0) is 22.8. The Morgan fingerprint density at radius 1 is 0.467 bits per heavy atom. The Morgan fingerprint density at radius 3 is 1.37 bits per heavy atom. The van der Waals surface area contributed by atoms with Crippen LogP contribution in [0, 0.1) is 0 Å². The van der Waals surface area contributed by atoms with Crippen molar-refractivity contribution in [3.8, 4) is 0 Å². The first-order chi connectivity index (χ1) is 14.2. The minimum Gasteiger partial charge on any atom is -0.387 e. The van der Waals surface area contributed by atoms with Crippen molar-refractivity contribution in [2.75, 3.05) is 6.54 Å². The first-order valence-corrected chi connectivity index (χ1v) is 11.8. The molecule has 0 amide bonds. The highest BCUT2D eigenvalue weighted by molar-refractivity contribution is 5.08. The fraction of sp³-hybridized carbons (Fsp3) is 0.586. The van der Waals surface area contributed by atoms with Crippen molar-refractivity contribution in [1.29, 1.82) is 0 Å². The number of hydrogen-bond acceptors (Lipinski definition) is 1. The van der Waals surface area contributed by atoms with E-state index in [0.29, 0.717) is 0 Å². The van der Waals surface area contributed by atoms with Crippen LogP contribution in [0.1, 0.15) is 107 Å². The van der Waals surface area contributed by atoms with Crippen LogP contribution in [-0.2, 0) is 0 Å². The Kier molecular flexibility index (Phi) is 17.0. The van der Waals surface area contributed by atoms with Crippen LogP contribution in [0.5, 0.6) is 0 Å². The van der Waals surface area contributed by atoms with Gasteiger partial charge in [-0.05, 0) is 113 Å². The van der Waals surface area contributed by atoms with Crippen LogP contribution < -0.4 is 5.32 Å². The van der Waals surface area contributed by atoms with Gasteiger partial charge in [0, 0.05) is 6.54 Å². The first-order valence-electron chi connectivity index (χ1n) is 11.8. The molecule has 0 fully saturated rings. The molecule has 0 heterocycles. The molecule has 0 saturated heterocycles. The summed E-state index contributed by atoms with van der Waals surface area (Å²) in [5.41, 5.74) is 8.70. The third-order valence-corrected chi connectivity index (χ3v) is 5.10. The second kappa shape index (κ2) is 18.0. The van der Waals surface area contributed by atoms with Crippen molar-refractivity contribution < 1.29 is 0 Å². The minimum atomic E-state index is 0.944. The van der Waals surface area contributed by atoms with Crippen molar-refractivity contribution in [2.45, 2.75) is 107 Å². The quantitative estimate of drug-likeness (QED) is 0.209. The molecule has 1 N–H and O–H groups in total. The molecule has 170 valence electrons. The Balaban J connectivity index is 4.05. The number of hydrogen-bond donors (Lipinski definition) is 1. The predicted molar refractivity (Wildman–Crippen MR) is 139 cm³/mol. The molecular weight excluding hydrogens is 362 g/mol. The highest BCUT2D eigenvalue weighted by Crippen LogP contribution is 2.12. The molecule has 30 heavy (non-hydrogen) atoms. The monoisotopic (exact) mass is 411 g/mol. The lowest BCUT2D eigenvalue weighted by Gasteiger charge is -2.04. The van der Waals surface area contributed by atoms with Crippen LogP contribution in [0.2, 0.25) is 0 Å². The van der Waals surface area contributed by atoms with E-state index in [1.165, 1.54) is 59.1 Å². The topological polar surface area (TPSA) is 12.0 Å². The van der Waals surface area contributed by atoms with Gasteiger partial charge < -0.3 is 5.32 Å². The van der Waals surface area contributed by atoms with E-state index in [0.717, 1.165) is 32.2 Å². The normalized spacial score (nSPS) is 13.3. The maximum Gasteiger partial charge on any atom is 0.0352 e. The predicted octanol–water partition coefficient (Wildman–Crippen LogP) is 9.37. The van der Waals surface area contributed by atoms with Crippen molar-refractivity contribution >= 4 is 0 Å². The Bertz CT molecular complexity index is 584. The van der Waals surface area contributed by atoms with Crippen molar-refractivity contribution in [2.24, 2.45) is 0 Å². The fourth-order valence-corrected chi connectivity index (χ4v) is 3.12. The zero-order valence-corrected chi connectivity index (χ0v) is 21.3. The second-order valence-electron chi connectivity index (χ2n) is 9.28. The molecule has 0 aromatic heterocycles. The summed E-state index contributed by atoms with van der Waals surface area (Å²) >= 11 is 0. The van der Waals surface area contributed by atoms with E-state index in [4.69, 9.17) is 0 Å². The molecule has 0 radical (unpaired) electrons. The van der Waals surface area contributed by atoms with E-state index in [-0.39, 0.29) is 0 Å². The van der Waals surface area contributed by atoms with E-state index in [2.05, 4.69) is 97.3 Å². The summed E-state index contributed by atoms with van der Waals surface area (Å²) in [4.78, 5) is 0. The Labute approximate surface area is 188 Å². The maximum absolute atomic E-state index is 3.46. The van der Waals surface area contributed by atoms with E-state index < -0.39 is 0 Å². The Morgan fingerprint density at radius 2 is 0.867 bits per heavy atom. The average molecular weight is 412 g/mol. The summed E-state index contributed by atoms with van der Waals surface area (Å²) in [6, 6.07) is 0. The van der Waals surface area contributed by atoms with Gasteiger partial charge in [-0.15, -0.1) is 0 Å². The molecule has 1 heteroatoms. The highest BCUT2D eigenvalue weighted by Gasteiger charge is 1.93. The van der Waals surface area contributed by atoms with Crippen molar-refractivity contribution in [1.82, 2.24) is 5.32 Å². The lowest BCUT2D eigenvalue weighted by atomic mass is 10.1.